The summed E-state index contributed by atoms with van der Waals surface area (Å²) in [4.78, 5) is 11.5. The van der Waals surface area contributed by atoms with Crippen LogP contribution < -0.4 is 16.0 Å². The van der Waals surface area contributed by atoms with E-state index in [1.807, 2.05) is 13.8 Å². The number of carbonyl (C=O) groups is 1. The standard InChI is InChI=1S/C14H31N3O2/c1-11(2)15-8-7-9-16-13(18)19-10-14(5,6)17-12(3)4/h11-12,15,17H,7-10H2,1-6H3,(H,16,18). The molecular weight excluding hydrogens is 242 g/mol. The first kappa shape index (κ1) is 18.2. The van der Waals surface area contributed by atoms with Gasteiger partial charge in [0.1, 0.15) is 6.61 Å². The molecule has 0 saturated carbocycles. The third kappa shape index (κ3) is 12.0. The molecule has 0 saturated heterocycles. The van der Waals surface area contributed by atoms with Crippen LogP contribution in [0.2, 0.25) is 0 Å². The molecule has 0 fully saturated rings. The second kappa shape index (κ2) is 9.15. The summed E-state index contributed by atoms with van der Waals surface area (Å²) in [5.74, 6) is 0. The zero-order valence-corrected chi connectivity index (χ0v) is 13.3. The van der Waals surface area contributed by atoms with E-state index in [1.54, 1.807) is 0 Å². The van der Waals surface area contributed by atoms with Crippen molar-refractivity contribution in [3.8, 4) is 0 Å². The highest BCUT2D eigenvalue weighted by molar-refractivity contribution is 5.67. The smallest absolute Gasteiger partial charge is 0.407 e. The summed E-state index contributed by atoms with van der Waals surface area (Å²) in [6, 6.07) is 0.846. The summed E-state index contributed by atoms with van der Waals surface area (Å²) in [6.07, 6.45) is 0.559. The fraction of sp³-hybridized carbons (Fsp3) is 0.929. The van der Waals surface area contributed by atoms with E-state index in [1.165, 1.54) is 0 Å². The average Bonchev–Trinajstić information content (AvgIpc) is 2.24. The van der Waals surface area contributed by atoms with Crippen molar-refractivity contribution < 1.29 is 9.53 Å². The van der Waals surface area contributed by atoms with E-state index in [9.17, 15) is 4.79 Å². The van der Waals surface area contributed by atoms with Crippen LogP contribution >= 0.6 is 0 Å². The number of nitrogens with one attached hydrogen (secondary N) is 3. The predicted octanol–water partition coefficient (Wildman–Crippen LogP) is 1.88. The number of hydrogen-bond donors (Lipinski definition) is 3. The van der Waals surface area contributed by atoms with Gasteiger partial charge in [-0.05, 0) is 26.8 Å². The molecule has 5 nitrogen and oxygen atoms in total. The van der Waals surface area contributed by atoms with Gasteiger partial charge in [0.05, 0.1) is 0 Å². The molecule has 0 bridgehead atoms. The number of alkyl carbamates (subject to hydrolysis) is 1. The molecular formula is C14H31N3O2. The Bertz CT molecular complexity index is 253. The lowest BCUT2D eigenvalue weighted by atomic mass is 10.1. The summed E-state index contributed by atoms with van der Waals surface area (Å²) in [5.41, 5.74) is -0.204. The van der Waals surface area contributed by atoms with E-state index < -0.39 is 0 Å². The van der Waals surface area contributed by atoms with E-state index in [0.717, 1.165) is 13.0 Å². The first-order chi connectivity index (χ1) is 8.73. The Morgan fingerprint density at radius 2 is 1.74 bits per heavy atom. The van der Waals surface area contributed by atoms with Gasteiger partial charge in [-0.15, -0.1) is 0 Å². The maximum absolute atomic E-state index is 11.5. The molecule has 0 atom stereocenters. The van der Waals surface area contributed by atoms with Gasteiger partial charge >= 0.3 is 6.09 Å². The minimum Gasteiger partial charge on any atom is -0.448 e. The van der Waals surface area contributed by atoms with Crippen LogP contribution in [-0.4, -0.2) is 43.4 Å². The van der Waals surface area contributed by atoms with Crippen LogP contribution in [-0.2, 0) is 4.74 Å². The third-order valence-corrected chi connectivity index (χ3v) is 2.42. The van der Waals surface area contributed by atoms with Gasteiger partial charge in [-0.3, -0.25) is 0 Å². The van der Waals surface area contributed by atoms with Crippen molar-refractivity contribution in [2.75, 3.05) is 19.7 Å². The monoisotopic (exact) mass is 273 g/mol. The minimum absolute atomic E-state index is 0.204. The SMILES string of the molecule is CC(C)NCCCNC(=O)OCC(C)(C)NC(C)C. The summed E-state index contributed by atoms with van der Waals surface area (Å²) in [7, 11) is 0. The van der Waals surface area contributed by atoms with E-state index in [-0.39, 0.29) is 11.6 Å². The zero-order chi connectivity index (χ0) is 14.9. The predicted molar refractivity (Wildman–Crippen MR) is 79.5 cm³/mol. The Labute approximate surface area is 117 Å². The van der Waals surface area contributed by atoms with Crippen molar-refractivity contribution in [3.63, 3.8) is 0 Å². The van der Waals surface area contributed by atoms with E-state index in [2.05, 4.69) is 43.6 Å². The van der Waals surface area contributed by atoms with Crippen LogP contribution in [0.5, 0.6) is 0 Å². The molecule has 0 radical (unpaired) electrons. The van der Waals surface area contributed by atoms with Gasteiger partial charge in [0.25, 0.3) is 0 Å². The second-order valence-electron chi connectivity index (χ2n) is 6.15. The molecule has 0 aromatic carbocycles. The van der Waals surface area contributed by atoms with Crippen molar-refractivity contribution in [2.45, 2.75) is 65.6 Å². The van der Waals surface area contributed by atoms with Crippen LogP contribution in [0.25, 0.3) is 0 Å². The lowest BCUT2D eigenvalue weighted by molar-refractivity contribution is 0.111. The van der Waals surface area contributed by atoms with Crippen LogP contribution in [0.15, 0.2) is 0 Å². The summed E-state index contributed by atoms with van der Waals surface area (Å²) in [5, 5.41) is 9.40. The van der Waals surface area contributed by atoms with Crippen LogP contribution in [0.3, 0.4) is 0 Å². The molecule has 0 aliphatic heterocycles. The molecule has 0 aliphatic rings. The molecule has 0 unspecified atom stereocenters. The number of hydrogen-bond acceptors (Lipinski definition) is 4. The number of carbonyl (C=O) groups excluding carboxylic acids is 1. The van der Waals surface area contributed by atoms with Gasteiger partial charge in [-0.25, -0.2) is 4.79 Å². The van der Waals surface area contributed by atoms with Crippen molar-refractivity contribution in [1.29, 1.82) is 0 Å². The molecule has 19 heavy (non-hydrogen) atoms. The molecule has 0 aromatic rings. The van der Waals surface area contributed by atoms with Crippen molar-refractivity contribution >= 4 is 6.09 Å². The highest BCUT2D eigenvalue weighted by Gasteiger charge is 2.20. The van der Waals surface area contributed by atoms with Gasteiger partial charge in [-0.2, -0.15) is 0 Å². The molecule has 114 valence electrons. The number of amides is 1. The Hall–Kier alpha value is -0.810. The van der Waals surface area contributed by atoms with Crippen molar-refractivity contribution in [1.82, 2.24) is 16.0 Å². The van der Waals surface area contributed by atoms with Gasteiger partial charge in [0, 0.05) is 24.2 Å². The fourth-order valence-corrected chi connectivity index (χ4v) is 1.79. The van der Waals surface area contributed by atoms with Gasteiger partial charge < -0.3 is 20.7 Å². The summed E-state index contributed by atoms with van der Waals surface area (Å²) in [6.45, 7) is 14.3. The highest BCUT2D eigenvalue weighted by atomic mass is 16.5. The highest BCUT2D eigenvalue weighted by Crippen LogP contribution is 2.04. The Morgan fingerprint density at radius 1 is 1.11 bits per heavy atom. The Balaban J connectivity index is 3.64. The summed E-state index contributed by atoms with van der Waals surface area (Å²) >= 11 is 0. The summed E-state index contributed by atoms with van der Waals surface area (Å²) < 4.78 is 5.20. The minimum atomic E-state index is -0.344. The maximum atomic E-state index is 11.5. The molecule has 0 heterocycles. The Morgan fingerprint density at radius 3 is 2.26 bits per heavy atom. The Kier molecular flexibility index (Phi) is 8.76. The quantitative estimate of drug-likeness (QED) is 0.561. The van der Waals surface area contributed by atoms with Gasteiger partial charge in [0.15, 0.2) is 0 Å². The van der Waals surface area contributed by atoms with Gasteiger partial charge in [-0.1, -0.05) is 27.7 Å². The molecule has 0 aromatic heterocycles. The van der Waals surface area contributed by atoms with Crippen LogP contribution in [0.4, 0.5) is 4.79 Å². The average molecular weight is 273 g/mol. The normalized spacial score (nSPS) is 12.0. The molecule has 0 aliphatic carbocycles. The number of rotatable bonds is 9. The molecule has 0 spiro atoms. The second-order valence-corrected chi connectivity index (χ2v) is 6.15. The van der Waals surface area contributed by atoms with Crippen LogP contribution in [0, 0.1) is 0 Å². The molecule has 0 rings (SSSR count). The lowest BCUT2D eigenvalue weighted by Crippen LogP contribution is -2.48. The third-order valence-electron chi connectivity index (χ3n) is 2.42. The molecule has 1 amide bonds. The van der Waals surface area contributed by atoms with Crippen molar-refractivity contribution in [3.05, 3.63) is 0 Å². The van der Waals surface area contributed by atoms with Crippen LogP contribution in [0.1, 0.15) is 48.0 Å². The van der Waals surface area contributed by atoms with Crippen molar-refractivity contribution in [2.24, 2.45) is 0 Å². The molecule has 3 N–H and O–H groups in total. The number of ether oxygens (including phenoxy) is 1. The zero-order valence-electron chi connectivity index (χ0n) is 13.3. The molecule has 5 heteroatoms. The van der Waals surface area contributed by atoms with Gasteiger partial charge in [0.2, 0.25) is 0 Å². The first-order valence-corrected chi connectivity index (χ1v) is 7.14. The van der Waals surface area contributed by atoms with E-state index in [4.69, 9.17) is 4.74 Å². The lowest BCUT2D eigenvalue weighted by Gasteiger charge is -2.28. The van der Waals surface area contributed by atoms with E-state index >= 15 is 0 Å². The van der Waals surface area contributed by atoms with E-state index in [0.29, 0.717) is 25.2 Å². The largest absolute Gasteiger partial charge is 0.448 e. The topological polar surface area (TPSA) is 62.4 Å². The first-order valence-electron chi connectivity index (χ1n) is 7.14. The maximum Gasteiger partial charge on any atom is 0.407 e. The fourth-order valence-electron chi connectivity index (χ4n) is 1.79.